The van der Waals surface area contributed by atoms with Crippen LogP contribution in [0.2, 0.25) is 0 Å². The van der Waals surface area contributed by atoms with Gasteiger partial charge < -0.3 is 14.8 Å². The normalized spacial score (nSPS) is 24.5. The fourth-order valence-corrected chi connectivity index (χ4v) is 3.88. The van der Waals surface area contributed by atoms with E-state index < -0.39 is 0 Å². The Morgan fingerprint density at radius 3 is 2.70 bits per heavy atom. The summed E-state index contributed by atoms with van der Waals surface area (Å²) in [5.74, 6) is 1.23. The number of nitrogens with one attached hydrogen (secondary N) is 1. The van der Waals surface area contributed by atoms with Crippen molar-refractivity contribution >= 4 is 5.95 Å². The Labute approximate surface area is 122 Å². The Bertz CT molecular complexity index is 432. The lowest BCUT2D eigenvalue weighted by Gasteiger charge is -2.37. The third kappa shape index (κ3) is 2.71. The maximum absolute atomic E-state index is 4.87. The number of aromatic nitrogens is 2. The Kier molecular flexibility index (Phi) is 4.29. The van der Waals surface area contributed by atoms with Gasteiger partial charge in [0, 0.05) is 31.4 Å². The number of hydrogen-bond acceptors (Lipinski definition) is 3. The lowest BCUT2D eigenvalue weighted by atomic mass is 10.0. The SMILES string of the molecule is CNCC1CCCCN1c1nc(C)cn1C1CCCC1. The van der Waals surface area contributed by atoms with Crippen molar-refractivity contribution in [3.8, 4) is 0 Å². The van der Waals surface area contributed by atoms with Crippen molar-refractivity contribution in [2.45, 2.75) is 64.0 Å². The number of likely N-dealkylation sites (N-methyl/N-ethyl adjacent to an activating group) is 1. The molecular weight excluding hydrogens is 248 g/mol. The molecule has 1 unspecified atom stereocenters. The maximum atomic E-state index is 4.87. The Balaban J connectivity index is 1.87. The van der Waals surface area contributed by atoms with E-state index in [0.717, 1.165) is 13.1 Å². The Hall–Kier alpha value is -1.03. The molecule has 2 aliphatic rings. The summed E-state index contributed by atoms with van der Waals surface area (Å²) < 4.78 is 2.48. The molecule has 1 aromatic heterocycles. The Morgan fingerprint density at radius 2 is 1.95 bits per heavy atom. The van der Waals surface area contributed by atoms with Crippen LogP contribution >= 0.6 is 0 Å². The van der Waals surface area contributed by atoms with Gasteiger partial charge in [0.1, 0.15) is 0 Å². The van der Waals surface area contributed by atoms with E-state index in [-0.39, 0.29) is 0 Å². The van der Waals surface area contributed by atoms with Crippen LogP contribution in [0.1, 0.15) is 56.7 Å². The Morgan fingerprint density at radius 1 is 1.20 bits per heavy atom. The predicted octanol–water partition coefficient (Wildman–Crippen LogP) is 2.88. The first-order valence-corrected chi connectivity index (χ1v) is 8.26. The maximum Gasteiger partial charge on any atom is 0.206 e. The van der Waals surface area contributed by atoms with E-state index in [0.29, 0.717) is 12.1 Å². The van der Waals surface area contributed by atoms with Crippen LogP contribution in [-0.2, 0) is 0 Å². The van der Waals surface area contributed by atoms with Crippen LogP contribution in [0.5, 0.6) is 0 Å². The second-order valence-corrected chi connectivity index (χ2v) is 6.43. The molecule has 1 aromatic rings. The highest BCUT2D eigenvalue weighted by Gasteiger charge is 2.28. The zero-order valence-corrected chi connectivity index (χ0v) is 12.9. The molecule has 0 aromatic carbocycles. The van der Waals surface area contributed by atoms with Crippen LogP contribution in [0.4, 0.5) is 5.95 Å². The second kappa shape index (κ2) is 6.17. The molecule has 0 amide bonds. The molecule has 3 rings (SSSR count). The summed E-state index contributed by atoms with van der Waals surface area (Å²) >= 11 is 0. The van der Waals surface area contributed by atoms with Crippen LogP contribution < -0.4 is 10.2 Å². The fraction of sp³-hybridized carbons (Fsp3) is 0.812. The molecule has 4 nitrogen and oxygen atoms in total. The average Bonchev–Trinajstić information content (AvgIpc) is 3.08. The van der Waals surface area contributed by atoms with Gasteiger partial charge in [-0.3, -0.25) is 0 Å². The van der Waals surface area contributed by atoms with Crippen molar-refractivity contribution in [3.63, 3.8) is 0 Å². The molecule has 2 heterocycles. The number of anilines is 1. The van der Waals surface area contributed by atoms with Crippen molar-refractivity contribution in [1.29, 1.82) is 0 Å². The highest BCUT2D eigenvalue weighted by molar-refractivity contribution is 5.37. The van der Waals surface area contributed by atoms with Crippen LogP contribution in [0.3, 0.4) is 0 Å². The van der Waals surface area contributed by atoms with Gasteiger partial charge >= 0.3 is 0 Å². The quantitative estimate of drug-likeness (QED) is 0.918. The van der Waals surface area contributed by atoms with Gasteiger partial charge in [0.15, 0.2) is 0 Å². The van der Waals surface area contributed by atoms with E-state index in [4.69, 9.17) is 4.98 Å². The molecule has 1 aliphatic heterocycles. The summed E-state index contributed by atoms with van der Waals surface area (Å²) in [7, 11) is 2.06. The molecule has 1 aliphatic carbocycles. The minimum absolute atomic E-state index is 0.607. The van der Waals surface area contributed by atoms with Gasteiger partial charge in [0.25, 0.3) is 0 Å². The summed E-state index contributed by atoms with van der Waals surface area (Å²) in [4.78, 5) is 7.43. The zero-order valence-electron chi connectivity index (χ0n) is 12.9. The molecule has 112 valence electrons. The van der Waals surface area contributed by atoms with Crippen LogP contribution in [0.15, 0.2) is 6.20 Å². The predicted molar refractivity (Wildman–Crippen MR) is 83.4 cm³/mol. The van der Waals surface area contributed by atoms with Gasteiger partial charge in [0.2, 0.25) is 5.95 Å². The summed E-state index contributed by atoms with van der Waals surface area (Å²) in [5, 5.41) is 3.35. The highest BCUT2D eigenvalue weighted by atomic mass is 15.3. The molecule has 20 heavy (non-hydrogen) atoms. The van der Waals surface area contributed by atoms with Crippen molar-refractivity contribution in [2.24, 2.45) is 0 Å². The van der Waals surface area contributed by atoms with Gasteiger partial charge in [-0.15, -0.1) is 0 Å². The molecule has 1 N–H and O–H groups in total. The van der Waals surface area contributed by atoms with Gasteiger partial charge in [-0.1, -0.05) is 12.8 Å². The van der Waals surface area contributed by atoms with E-state index in [1.54, 1.807) is 0 Å². The van der Waals surface area contributed by atoms with Crippen LogP contribution in [-0.4, -0.2) is 35.7 Å². The summed E-state index contributed by atoms with van der Waals surface area (Å²) in [6.07, 6.45) is 11.6. The van der Waals surface area contributed by atoms with Crippen LogP contribution in [0, 0.1) is 6.92 Å². The molecular formula is C16H28N4. The van der Waals surface area contributed by atoms with E-state index in [2.05, 4.69) is 35.0 Å². The van der Waals surface area contributed by atoms with Crippen molar-refractivity contribution in [2.75, 3.05) is 25.0 Å². The minimum Gasteiger partial charge on any atom is -0.338 e. The van der Waals surface area contributed by atoms with E-state index in [1.165, 1.54) is 56.6 Å². The summed E-state index contributed by atoms with van der Waals surface area (Å²) in [6.45, 7) is 4.36. The number of nitrogens with zero attached hydrogens (tertiary/aromatic N) is 3. The van der Waals surface area contributed by atoms with Crippen molar-refractivity contribution < 1.29 is 0 Å². The summed E-state index contributed by atoms with van der Waals surface area (Å²) in [6, 6.07) is 1.29. The van der Waals surface area contributed by atoms with Crippen molar-refractivity contribution in [1.82, 2.24) is 14.9 Å². The number of aryl methyl sites for hydroxylation is 1. The molecule has 0 spiro atoms. The minimum atomic E-state index is 0.607. The first kappa shape index (κ1) is 13.9. The molecule has 1 atom stereocenters. The topological polar surface area (TPSA) is 33.1 Å². The average molecular weight is 276 g/mol. The van der Waals surface area contributed by atoms with E-state index >= 15 is 0 Å². The van der Waals surface area contributed by atoms with E-state index in [9.17, 15) is 0 Å². The number of imidazole rings is 1. The van der Waals surface area contributed by atoms with Gasteiger partial charge in [-0.25, -0.2) is 4.98 Å². The van der Waals surface area contributed by atoms with Gasteiger partial charge in [-0.05, 0) is 46.1 Å². The lowest BCUT2D eigenvalue weighted by molar-refractivity contribution is 0.423. The molecule has 2 fully saturated rings. The standard InChI is InChI=1S/C16H28N4/c1-13-12-20(14-7-3-4-8-14)16(18-13)19-10-6-5-9-15(19)11-17-2/h12,14-15,17H,3-11H2,1-2H3. The number of hydrogen-bond donors (Lipinski definition) is 1. The lowest BCUT2D eigenvalue weighted by Crippen LogP contribution is -2.46. The highest BCUT2D eigenvalue weighted by Crippen LogP contribution is 2.34. The summed E-state index contributed by atoms with van der Waals surface area (Å²) in [5.41, 5.74) is 1.17. The molecule has 1 saturated carbocycles. The molecule has 4 heteroatoms. The third-order valence-electron chi connectivity index (χ3n) is 4.88. The van der Waals surface area contributed by atoms with Crippen LogP contribution in [0.25, 0.3) is 0 Å². The van der Waals surface area contributed by atoms with Gasteiger partial charge in [0.05, 0.1) is 5.69 Å². The second-order valence-electron chi connectivity index (χ2n) is 6.43. The third-order valence-corrected chi connectivity index (χ3v) is 4.88. The largest absolute Gasteiger partial charge is 0.338 e. The van der Waals surface area contributed by atoms with Gasteiger partial charge in [-0.2, -0.15) is 0 Å². The first-order valence-electron chi connectivity index (χ1n) is 8.26. The first-order chi connectivity index (χ1) is 9.79. The zero-order chi connectivity index (χ0) is 13.9. The fourth-order valence-electron chi connectivity index (χ4n) is 3.88. The van der Waals surface area contributed by atoms with E-state index in [1.807, 2.05) is 0 Å². The molecule has 1 saturated heterocycles. The number of piperidine rings is 1. The van der Waals surface area contributed by atoms with Crippen molar-refractivity contribution in [3.05, 3.63) is 11.9 Å². The molecule has 0 radical (unpaired) electrons. The molecule has 0 bridgehead atoms. The number of rotatable bonds is 4. The monoisotopic (exact) mass is 276 g/mol. The smallest absolute Gasteiger partial charge is 0.206 e.